The highest BCUT2D eigenvalue weighted by molar-refractivity contribution is 7.91. The van der Waals surface area contributed by atoms with Gasteiger partial charge in [-0.1, -0.05) is 11.3 Å². The molecule has 0 atom stereocenters. The number of nitrogens with one attached hydrogen (secondary N) is 2. The number of H-pyrrole nitrogens is 1. The lowest BCUT2D eigenvalue weighted by molar-refractivity contribution is 0.199. The summed E-state index contributed by atoms with van der Waals surface area (Å²) in [5.41, 5.74) is 0.0718. The van der Waals surface area contributed by atoms with Crippen molar-refractivity contribution < 1.29 is 8.42 Å². The molecule has 2 N–H and O–H groups in total. The van der Waals surface area contributed by atoms with Crippen LogP contribution in [0.5, 0.6) is 0 Å². The largest absolute Gasteiger partial charge is 0.315 e. The number of sulfonamides is 1. The molecule has 0 spiro atoms. The molecule has 0 saturated heterocycles. The Morgan fingerprint density at radius 2 is 1.94 bits per heavy atom. The summed E-state index contributed by atoms with van der Waals surface area (Å²) in [4.78, 5) is 15.2. The first-order valence-electron chi connectivity index (χ1n) is 5.43. The van der Waals surface area contributed by atoms with Crippen LogP contribution in [0.4, 0.5) is 0 Å². The monoisotopic (exact) mass is 293 g/mol. The van der Waals surface area contributed by atoms with Crippen molar-refractivity contribution in [1.82, 2.24) is 14.6 Å². The molecular weight excluding hydrogens is 274 g/mol. The van der Waals surface area contributed by atoms with Crippen LogP contribution in [0.15, 0.2) is 9.00 Å². The Morgan fingerprint density at radius 1 is 1.39 bits per heavy atom. The summed E-state index contributed by atoms with van der Waals surface area (Å²) in [5, 5.41) is 0. The maximum absolute atomic E-state index is 12.1. The van der Waals surface area contributed by atoms with E-state index in [2.05, 4.69) is 9.71 Å². The standard InChI is InChI=1S/C10H19N3O3S2/c1-7-8(17-9(14)12-7)18(15,16)11-6-10(2,3)13(4)5/h11H,6H2,1-5H3,(H,12,14). The predicted octanol–water partition coefficient (Wildman–Crippen LogP) is 0.363. The van der Waals surface area contributed by atoms with E-state index in [1.807, 2.05) is 32.8 Å². The first kappa shape index (κ1) is 15.4. The molecule has 1 aromatic heterocycles. The van der Waals surface area contributed by atoms with Crippen LogP contribution in [0.2, 0.25) is 0 Å². The zero-order valence-electron chi connectivity index (χ0n) is 11.2. The number of rotatable bonds is 5. The molecule has 104 valence electrons. The van der Waals surface area contributed by atoms with Crippen LogP contribution < -0.4 is 9.60 Å². The van der Waals surface area contributed by atoms with Gasteiger partial charge in [0.1, 0.15) is 0 Å². The van der Waals surface area contributed by atoms with Crippen molar-refractivity contribution in [2.75, 3.05) is 20.6 Å². The van der Waals surface area contributed by atoms with E-state index in [1.54, 1.807) is 6.92 Å². The molecule has 1 aromatic rings. The molecular formula is C10H19N3O3S2. The van der Waals surface area contributed by atoms with Crippen LogP contribution in [-0.4, -0.2) is 44.5 Å². The summed E-state index contributed by atoms with van der Waals surface area (Å²) in [5.74, 6) is 0. The zero-order valence-corrected chi connectivity index (χ0v) is 12.8. The number of aromatic nitrogens is 1. The normalized spacial score (nSPS) is 13.2. The van der Waals surface area contributed by atoms with Crippen LogP contribution in [0.3, 0.4) is 0 Å². The lowest BCUT2D eigenvalue weighted by atomic mass is 10.1. The van der Waals surface area contributed by atoms with Crippen molar-refractivity contribution in [3.05, 3.63) is 15.4 Å². The van der Waals surface area contributed by atoms with Gasteiger partial charge in [0.25, 0.3) is 10.0 Å². The number of likely N-dealkylation sites (N-methyl/N-ethyl adjacent to an activating group) is 1. The van der Waals surface area contributed by atoms with Gasteiger partial charge in [-0.3, -0.25) is 4.79 Å². The minimum Gasteiger partial charge on any atom is -0.315 e. The Labute approximate surface area is 111 Å². The van der Waals surface area contributed by atoms with E-state index in [0.717, 1.165) is 0 Å². The van der Waals surface area contributed by atoms with Gasteiger partial charge in [0.05, 0.1) is 0 Å². The Kier molecular flexibility index (Phi) is 4.37. The minimum absolute atomic E-state index is 0.0575. The molecule has 0 saturated carbocycles. The third kappa shape index (κ3) is 3.41. The highest BCUT2D eigenvalue weighted by atomic mass is 32.2. The average Bonchev–Trinajstić information content (AvgIpc) is 2.56. The lowest BCUT2D eigenvalue weighted by Crippen LogP contribution is -2.48. The first-order chi connectivity index (χ1) is 8.06. The molecule has 1 heterocycles. The number of hydrogen-bond donors (Lipinski definition) is 2. The third-order valence-electron chi connectivity index (χ3n) is 2.93. The fraction of sp³-hybridized carbons (Fsp3) is 0.700. The van der Waals surface area contributed by atoms with Gasteiger partial charge in [-0.25, -0.2) is 13.1 Å². The van der Waals surface area contributed by atoms with Crippen LogP contribution in [0, 0.1) is 6.92 Å². The van der Waals surface area contributed by atoms with E-state index in [9.17, 15) is 13.2 Å². The molecule has 18 heavy (non-hydrogen) atoms. The minimum atomic E-state index is -3.63. The number of aryl methyl sites for hydroxylation is 1. The predicted molar refractivity (Wildman–Crippen MR) is 72.6 cm³/mol. The summed E-state index contributed by atoms with van der Waals surface area (Å²) in [6.45, 7) is 5.71. The second-order valence-electron chi connectivity index (χ2n) is 4.96. The molecule has 8 heteroatoms. The SMILES string of the molecule is Cc1[nH]c(=O)sc1S(=O)(=O)NCC(C)(C)N(C)C. The molecule has 0 aliphatic heterocycles. The van der Waals surface area contributed by atoms with Gasteiger partial charge in [0.2, 0.25) is 0 Å². The van der Waals surface area contributed by atoms with Gasteiger partial charge in [-0.2, -0.15) is 0 Å². The van der Waals surface area contributed by atoms with E-state index < -0.39 is 10.0 Å². The molecule has 0 aliphatic carbocycles. The van der Waals surface area contributed by atoms with Crippen LogP contribution >= 0.6 is 11.3 Å². The van der Waals surface area contributed by atoms with E-state index in [4.69, 9.17) is 0 Å². The van der Waals surface area contributed by atoms with Crippen molar-refractivity contribution >= 4 is 21.4 Å². The molecule has 0 bridgehead atoms. The highest BCUT2D eigenvalue weighted by Gasteiger charge is 2.26. The van der Waals surface area contributed by atoms with Gasteiger partial charge in [-0.15, -0.1) is 0 Å². The van der Waals surface area contributed by atoms with Crippen LogP contribution in [0.25, 0.3) is 0 Å². The highest BCUT2D eigenvalue weighted by Crippen LogP contribution is 2.17. The van der Waals surface area contributed by atoms with Crippen molar-refractivity contribution in [3.8, 4) is 0 Å². The molecule has 0 aromatic carbocycles. The average molecular weight is 293 g/mol. The van der Waals surface area contributed by atoms with Gasteiger partial charge >= 0.3 is 4.87 Å². The topological polar surface area (TPSA) is 82.3 Å². The molecule has 0 radical (unpaired) electrons. The van der Waals surface area contributed by atoms with Crippen molar-refractivity contribution in [3.63, 3.8) is 0 Å². The number of aromatic amines is 1. The van der Waals surface area contributed by atoms with Gasteiger partial charge in [0.15, 0.2) is 4.21 Å². The second-order valence-corrected chi connectivity index (χ2v) is 7.90. The Morgan fingerprint density at radius 3 is 2.33 bits per heavy atom. The van der Waals surface area contributed by atoms with Gasteiger partial charge in [-0.05, 0) is 34.9 Å². The van der Waals surface area contributed by atoms with Crippen LogP contribution in [-0.2, 0) is 10.0 Å². The fourth-order valence-corrected chi connectivity index (χ4v) is 3.69. The van der Waals surface area contributed by atoms with E-state index in [-0.39, 0.29) is 21.2 Å². The quantitative estimate of drug-likeness (QED) is 0.821. The number of thiazole rings is 1. The molecule has 0 aliphatic rings. The maximum Gasteiger partial charge on any atom is 0.305 e. The smallest absolute Gasteiger partial charge is 0.305 e. The van der Waals surface area contributed by atoms with Crippen molar-refractivity contribution in [2.24, 2.45) is 0 Å². The van der Waals surface area contributed by atoms with Gasteiger partial charge < -0.3 is 9.88 Å². The van der Waals surface area contributed by atoms with Gasteiger partial charge in [0, 0.05) is 17.8 Å². The Bertz CT molecular complexity index is 569. The summed E-state index contributed by atoms with van der Waals surface area (Å²) in [6.07, 6.45) is 0. The third-order valence-corrected chi connectivity index (χ3v) is 5.94. The molecule has 0 fully saturated rings. The fourth-order valence-electron chi connectivity index (χ4n) is 1.14. The van der Waals surface area contributed by atoms with Crippen molar-refractivity contribution in [1.29, 1.82) is 0 Å². The summed E-state index contributed by atoms with van der Waals surface area (Å²) < 4.78 is 26.7. The van der Waals surface area contributed by atoms with E-state index in [1.165, 1.54) is 0 Å². The summed E-state index contributed by atoms with van der Waals surface area (Å²) >= 11 is 0.705. The zero-order chi connectivity index (χ0) is 14.1. The maximum atomic E-state index is 12.1. The van der Waals surface area contributed by atoms with E-state index >= 15 is 0 Å². The summed E-state index contributed by atoms with van der Waals surface area (Å²) in [7, 11) is 0.140. The van der Waals surface area contributed by atoms with Crippen molar-refractivity contribution in [2.45, 2.75) is 30.5 Å². The van der Waals surface area contributed by atoms with Crippen LogP contribution in [0.1, 0.15) is 19.5 Å². The Hall–Kier alpha value is -0.700. The molecule has 1 rings (SSSR count). The second kappa shape index (κ2) is 5.12. The Balaban J connectivity index is 2.91. The lowest BCUT2D eigenvalue weighted by Gasteiger charge is -2.32. The summed E-state index contributed by atoms with van der Waals surface area (Å²) in [6, 6.07) is 0. The molecule has 0 amide bonds. The number of hydrogen-bond acceptors (Lipinski definition) is 5. The molecule has 0 unspecified atom stereocenters. The van der Waals surface area contributed by atoms with E-state index in [0.29, 0.717) is 17.0 Å². The molecule has 6 nitrogen and oxygen atoms in total. The first-order valence-corrected chi connectivity index (χ1v) is 7.73. The number of nitrogens with zero attached hydrogens (tertiary/aromatic N) is 1.